The minimum Gasteiger partial charge on any atom is -0.497 e. The Kier molecular flexibility index (Phi) is 4.69. The van der Waals surface area contributed by atoms with Gasteiger partial charge in [0.2, 0.25) is 0 Å². The molecule has 0 saturated carbocycles. The van der Waals surface area contributed by atoms with Crippen molar-refractivity contribution >= 4 is 0 Å². The average molecular weight is 273 g/mol. The molecule has 2 unspecified atom stereocenters. The lowest BCUT2D eigenvalue weighted by molar-refractivity contribution is -0.105. The van der Waals surface area contributed by atoms with E-state index in [0.717, 1.165) is 18.7 Å². The molecule has 0 radical (unpaired) electrons. The molecule has 0 aliphatic carbocycles. The van der Waals surface area contributed by atoms with E-state index in [1.165, 1.54) is 5.56 Å². The number of likely N-dealkylation sites (N-methyl/N-ethyl adjacent to an activating group) is 1. The van der Waals surface area contributed by atoms with Gasteiger partial charge in [0.25, 0.3) is 0 Å². The minimum atomic E-state index is -0.0976. The first-order valence-corrected chi connectivity index (χ1v) is 7.07. The number of rotatable bonds is 4. The maximum atomic E-state index is 6.00. The Morgan fingerprint density at radius 1 is 1.55 bits per heavy atom. The molecule has 0 amide bonds. The summed E-state index contributed by atoms with van der Waals surface area (Å²) in [6, 6.07) is 8.25. The van der Waals surface area contributed by atoms with Crippen LogP contribution in [0.25, 0.3) is 0 Å². The number of terminal acetylenes is 1. The van der Waals surface area contributed by atoms with Gasteiger partial charge < -0.3 is 9.47 Å². The van der Waals surface area contributed by atoms with Crippen molar-refractivity contribution in [2.75, 3.05) is 27.3 Å². The van der Waals surface area contributed by atoms with Crippen LogP contribution in [0.1, 0.15) is 25.3 Å². The van der Waals surface area contributed by atoms with Crippen molar-refractivity contribution in [3.05, 3.63) is 29.8 Å². The first-order valence-electron chi connectivity index (χ1n) is 7.07. The van der Waals surface area contributed by atoms with Crippen LogP contribution in [0.2, 0.25) is 0 Å². The van der Waals surface area contributed by atoms with Gasteiger partial charge in [0.1, 0.15) is 5.75 Å². The van der Waals surface area contributed by atoms with Crippen LogP contribution in [0.5, 0.6) is 5.75 Å². The maximum absolute atomic E-state index is 6.00. The van der Waals surface area contributed by atoms with Gasteiger partial charge in [0.05, 0.1) is 25.4 Å². The highest BCUT2D eigenvalue weighted by Crippen LogP contribution is 2.36. The van der Waals surface area contributed by atoms with Gasteiger partial charge in [-0.05, 0) is 31.2 Å². The summed E-state index contributed by atoms with van der Waals surface area (Å²) in [6.07, 6.45) is 7.18. The SMILES string of the molecule is C#CCC1CN(C)C(CC)(c2cccc(OC)c2)CO1. The second-order valence-corrected chi connectivity index (χ2v) is 5.34. The number of hydrogen-bond acceptors (Lipinski definition) is 3. The molecule has 0 aromatic heterocycles. The van der Waals surface area contributed by atoms with Gasteiger partial charge >= 0.3 is 0 Å². The van der Waals surface area contributed by atoms with Gasteiger partial charge in [-0.1, -0.05) is 19.1 Å². The normalized spacial score (nSPS) is 27.0. The Bertz CT molecular complexity index is 494. The summed E-state index contributed by atoms with van der Waals surface area (Å²) in [5, 5.41) is 0. The summed E-state index contributed by atoms with van der Waals surface area (Å²) in [7, 11) is 3.84. The molecule has 2 rings (SSSR count). The smallest absolute Gasteiger partial charge is 0.119 e. The highest BCUT2D eigenvalue weighted by Gasteiger charge is 2.40. The van der Waals surface area contributed by atoms with E-state index < -0.39 is 0 Å². The Morgan fingerprint density at radius 2 is 2.35 bits per heavy atom. The fourth-order valence-electron chi connectivity index (χ4n) is 2.95. The standard InChI is InChI=1S/C17H23NO2/c1-5-8-16-12-18(3)17(6-2,13-20-16)14-9-7-10-15(11-14)19-4/h1,7,9-11,16H,6,8,12-13H2,2-4H3. The van der Waals surface area contributed by atoms with Crippen molar-refractivity contribution in [3.63, 3.8) is 0 Å². The number of methoxy groups -OCH3 is 1. The van der Waals surface area contributed by atoms with Crippen LogP contribution in [-0.2, 0) is 10.3 Å². The summed E-state index contributed by atoms with van der Waals surface area (Å²) in [4.78, 5) is 2.37. The second kappa shape index (κ2) is 6.30. The molecule has 1 aromatic carbocycles. The molecule has 1 fully saturated rings. The monoisotopic (exact) mass is 273 g/mol. The quantitative estimate of drug-likeness (QED) is 0.787. The summed E-state index contributed by atoms with van der Waals surface area (Å²) in [6.45, 7) is 3.72. The molecular weight excluding hydrogens is 250 g/mol. The van der Waals surface area contributed by atoms with Crippen LogP contribution < -0.4 is 4.74 Å². The Balaban J connectivity index is 2.28. The molecule has 1 aliphatic rings. The first-order chi connectivity index (χ1) is 9.66. The molecular formula is C17H23NO2. The third-order valence-electron chi connectivity index (χ3n) is 4.30. The van der Waals surface area contributed by atoms with E-state index in [-0.39, 0.29) is 11.6 Å². The highest BCUT2D eigenvalue weighted by molar-refractivity contribution is 5.34. The largest absolute Gasteiger partial charge is 0.497 e. The third kappa shape index (κ3) is 2.67. The Hall–Kier alpha value is -1.50. The summed E-state index contributed by atoms with van der Waals surface area (Å²) in [5.41, 5.74) is 1.14. The molecule has 1 saturated heterocycles. The van der Waals surface area contributed by atoms with E-state index in [1.807, 2.05) is 12.1 Å². The predicted octanol–water partition coefficient (Wildman–Crippen LogP) is 2.65. The number of nitrogens with zero attached hydrogens (tertiary/aromatic N) is 1. The van der Waals surface area contributed by atoms with Crippen molar-refractivity contribution in [2.24, 2.45) is 0 Å². The van der Waals surface area contributed by atoms with Gasteiger partial charge in [0.15, 0.2) is 0 Å². The van der Waals surface area contributed by atoms with E-state index in [9.17, 15) is 0 Å². The van der Waals surface area contributed by atoms with E-state index >= 15 is 0 Å². The number of benzene rings is 1. The molecule has 0 spiro atoms. The van der Waals surface area contributed by atoms with E-state index in [2.05, 4.69) is 36.9 Å². The number of ether oxygens (including phenoxy) is 2. The molecule has 3 nitrogen and oxygen atoms in total. The van der Waals surface area contributed by atoms with Crippen molar-refractivity contribution in [1.82, 2.24) is 4.90 Å². The molecule has 3 heteroatoms. The predicted molar refractivity (Wildman–Crippen MR) is 80.8 cm³/mol. The van der Waals surface area contributed by atoms with Crippen molar-refractivity contribution in [1.29, 1.82) is 0 Å². The highest BCUT2D eigenvalue weighted by atomic mass is 16.5. The van der Waals surface area contributed by atoms with Gasteiger partial charge in [-0.3, -0.25) is 4.90 Å². The lowest BCUT2D eigenvalue weighted by atomic mass is 9.84. The zero-order valence-corrected chi connectivity index (χ0v) is 12.6. The second-order valence-electron chi connectivity index (χ2n) is 5.34. The molecule has 20 heavy (non-hydrogen) atoms. The minimum absolute atomic E-state index is 0.0976. The molecule has 1 aliphatic heterocycles. The third-order valence-corrected chi connectivity index (χ3v) is 4.30. The summed E-state index contributed by atoms with van der Waals surface area (Å²) in [5.74, 6) is 3.57. The lowest BCUT2D eigenvalue weighted by Gasteiger charge is -2.47. The van der Waals surface area contributed by atoms with Crippen LogP contribution in [0.15, 0.2) is 24.3 Å². The number of morpholine rings is 1. The van der Waals surface area contributed by atoms with Crippen molar-refractivity contribution < 1.29 is 9.47 Å². The van der Waals surface area contributed by atoms with Crippen LogP contribution in [0.3, 0.4) is 0 Å². The van der Waals surface area contributed by atoms with Gasteiger partial charge in [-0.15, -0.1) is 12.3 Å². The zero-order valence-electron chi connectivity index (χ0n) is 12.6. The van der Waals surface area contributed by atoms with Crippen LogP contribution >= 0.6 is 0 Å². The topological polar surface area (TPSA) is 21.7 Å². The van der Waals surface area contributed by atoms with Gasteiger partial charge in [0, 0.05) is 13.0 Å². The summed E-state index contributed by atoms with van der Waals surface area (Å²) >= 11 is 0. The maximum Gasteiger partial charge on any atom is 0.119 e. The lowest BCUT2D eigenvalue weighted by Crippen LogP contribution is -2.55. The van der Waals surface area contributed by atoms with Gasteiger partial charge in [-0.25, -0.2) is 0 Å². The van der Waals surface area contributed by atoms with E-state index in [0.29, 0.717) is 13.0 Å². The fourth-order valence-corrected chi connectivity index (χ4v) is 2.95. The Morgan fingerprint density at radius 3 is 2.95 bits per heavy atom. The fraction of sp³-hybridized carbons (Fsp3) is 0.529. The van der Waals surface area contributed by atoms with Crippen molar-refractivity contribution in [3.8, 4) is 18.1 Å². The van der Waals surface area contributed by atoms with Crippen molar-refractivity contribution in [2.45, 2.75) is 31.4 Å². The first kappa shape index (κ1) is 14.9. The zero-order chi connectivity index (χ0) is 14.6. The van der Waals surface area contributed by atoms with E-state index in [1.54, 1.807) is 7.11 Å². The van der Waals surface area contributed by atoms with E-state index in [4.69, 9.17) is 15.9 Å². The van der Waals surface area contributed by atoms with Crippen LogP contribution in [0.4, 0.5) is 0 Å². The van der Waals surface area contributed by atoms with Crippen LogP contribution in [0, 0.1) is 12.3 Å². The molecule has 1 heterocycles. The summed E-state index contributed by atoms with van der Waals surface area (Å²) < 4.78 is 11.3. The molecule has 2 atom stereocenters. The molecule has 0 bridgehead atoms. The van der Waals surface area contributed by atoms with Gasteiger partial charge in [-0.2, -0.15) is 0 Å². The number of hydrogen-bond donors (Lipinski definition) is 0. The average Bonchev–Trinajstić information content (AvgIpc) is 2.48. The Labute approximate surface area is 121 Å². The molecule has 0 N–H and O–H groups in total. The van der Waals surface area contributed by atoms with Crippen LogP contribution in [-0.4, -0.2) is 38.3 Å². The molecule has 1 aromatic rings. The molecule has 108 valence electrons.